The molecule has 6 heteroatoms. The summed E-state index contributed by atoms with van der Waals surface area (Å²) in [7, 11) is 1.60. The normalized spacial score (nSPS) is 16.7. The van der Waals surface area contributed by atoms with Crippen LogP contribution in [0.1, 0.15) is 19.8 Å². The minimum atomic E-state index is -0.0114. The quantitative estimate of drug-likeness (QED) is 0.669. The van der Waals surface area contributed by atoms with E-state index in [1.807, 2.05) is 0 Å². The maximum atomic E-state index is 11.8. The van der Waals surface area contributed by atoms with Crippen molar-refractivity contribution >= 4 is 11.8 Å². The average Bonchev–Trinajstić information content (AvgIpc) is 2.34. The fraction of sp³-hybridized carbons (Fsp3) is 0.833. The molecule has 0 atom stereocenters. The lowest BCUT2D eigenvalue weighted by molar-refractivity contribution is -0.137. The van der Waals surface area contributed by atoms with Crippen LogP contribution in [0.15, 0.2) is 0 Å². The molecular formula is C12H22N2O4. The minimum Gasteiger partial charge on any atom is -0.382 e. The first-order valence-corrected chi connectivity index (χ1v) is 6.25. The third kappa shape index (κ3) is 5.46. The maximum absolute atomic E-state index is 11.8. The number of hydrogen-bond acceptors (Lipinski definition) is 4. The molecule has 6 nitrogen and oxygen atoms in total. The Morgan fingerprint density at radius 1 is 1.28 bits per heavy atom. The van der Waals surface area contributed by atoms with Gasteiger partial charge in [-0.3, -0.25) is 9.59 Å². The predicted molar refractivity (Wildman–Crippen MR) is 66.1 cm³/mol. The van der Waals surface area contributed by atoms with Gasteiger partial charge in [-0.2, -0.15) is 0 Å². The minimum absolute atomic E-state index is 0.00683. The van der Waals surface area contributed by atoms with E-state index in [4.69, 9.17) is 9.47 Å². The lowest BCUT2D eigenvalue weighted by Gasteiger charge is -2.32. The van der Waals surface area contributed by atoms with Gasteiger partial charge in [-0.25, -0.2) is 0 Å². The molecule has 104 valence electrons. The van der Waals surface area contributed by atoms with Crippen LogP contribution >= 0.6 is 0 Å². The molecule has 1 rings (SSSR count). The van der Waals surface area contributed by atoms with Gasteiger partial charge in [0.2, 0.25) is 11.8 Å². The van der Waals surface area contributed by atoms with Crippen LogP contribution in [0.3, 0.4) is 0 Å². The van der Waals surface area contributed by atoms with Crippen LogP contribution in [0, 0.1) is 0 Å². The average molecular weight is 258 g/mol. The largest absolute Gasteiger partial charge is 0.382 e. The molecule has 0 saturated carbocycles. The molecule has 1 fully saturated rings. The molecule has 0 unspecified atom stereocenters. The second-order valence-corrected chi connectivity index (χ2v) is 4.40. The number of likely N-dealkylation sites (tertiary alicyclic amines) is 1. The molecule has 2 amide bonds. The number of piperidine rings is 1. The standard InChI is InChI=1S/C12H22N2O4/c1-10(15)13-11-3-5-14(6-4-11)12(16)9-18-8-7-17-2/h11H,3-9H2,1-2H3,(H,13,15). The molecule has 0 spiro atoms. The second kappa shape index (κ2) is 8.05. The van der Waals surface area contributed by atoms with Crippen molar-refractivity contribution in [3.8, 4) is 0 Å². The first kappa shape index (κ1) is 14.9. The van der Waals surface area contributed by atoms with Crippen molar-refractivity contribution < 1.29 is 19.1 Å². The molecule has 1 saturated heterocycles. The van der Waals surface area contributed by atoms with Crippen LogP contribution in [0.4, 0.5) is 0 Å². The van der Waals surface area contributed by atoms with E-state index >= 15 is 0 Å². The first-order chi connectivity index (χ1) is 8.63. The van der Waals surface area contributed by atoms with E-state index in [0.717, 1.165) is 12.8 Å². The van der Waals surface area contributed by atoms with Gasteiger partial charge >= 0.3 is 0 Å². The van der Waals surface area contributed by atoms with Crippen LogP contribution in [-0.4, -0.2) is 62.8 Å². The van der Waals surface area contributed by atoms with Crippen molar-refractivity contribution in [1.82, 2.24) is 10.2 Å². The van der Waals surface area contributed by atoms with Crippen LogP contribution < -0.4 is 5.32 Å². The highest BCUT2D eigenvalue weighted by molar-refractivity contribution is 5.77. The topological polar surface area (TPSA) is 67.9 Å². The fourth-order valence-electron chi connectivity index (χ4n) is 1.95. The Labute approximate surface area is 108 Å². The van der Waals surface area contributed by atoms with Crippen LogP contribution in [0.25, 0.3) is 0 Å². The second-order valence-electron chi connectivity index (χ2n) is 4.40. The summed E-state index contributed by atoms with van der Waals surface area (Å²) >= 11 is 0. The Bertz CT molecular complexity index is 275. The summed E-state index contributed by atoms with van der Waals surface area (Å²) in [6, 6.07) is 0.195. The zero-order chi connectivity index (χ0) is 13.4. The number of methoxy groups -OCH3 is 1. The lowest BCUT2D eigenvalue weighted by Crippen LogP contribution is -2.47. The third-order valence-corrected chi connectivity index (χ3v) is 2.91. The Hall–Kier alpha value is -1.14. The van der Waals surface area contributed by atoms with Gasteiger partial charge in [0.15, 0.2) is 0 Å². The van der Waals surface area contributed by atoms with Crippen molar-refractivity contribution in [2.75, 3.05) is 40.0 Å². The molecule has 0 aromatic carbocycles. The van der Waals surface area contributed by atoms with Crippen molar-refractivity contribution in [1.29, 1.82) is 0 Å². The number of nitrogens with zero attached hydrogens (tertiary/aromatic N) is 1. The summed E-state index contributed by atoms with van der Waals surface area (Å²) in [5.74, 6) is -0.00458. The molecule has 0 aliphatic carbocycles. The Kier molecular flexibility index (Phi) is 6.67. The van der Waals surface area contributed by atoms with Crippen LogP contribution in [0.2, 0.25) is 0 Å². The van der Waals surface area contributed by atoms with Gasteiger partial charge in [0.05, 0.1) is 13.2 Å². The Morgan fingerprint density at radius 3 is 2.50 bits per heavy atom. The van der Waals surface area contributed by atoms with Gasteiger partial charge in [0, 0.05) is 33.2 Å². The van der Waals surface area contributed by atoms with E-state index in [-0.39, 0.29) is 24.5 Å². The van der Waals surface area contributed by atoms with Gasteiger partial charge in [-0.1, -0.05) is 0 Å². The van der Waals surface area contributed by atoms with Crippen molar-refractivity contribution in [2.24, 2.45) is 0 Å². The van der Waals surface area contributed by atoms with E-state index in [0.29, 0.717) is 26.3 Å². The van der Waals surface area contributed by atoms with Gasteiger partial charge in [0.25, 0.3) is 0 Å². The van der Waals surface area contributed by atoms with E-state index in [1.165, 1.54) is 6.92 Å². The zero-order valence-corrected chi connectivity index (χ0v) is 11.1. The third-order valence-electron chi connectivity index (χ3n) is 2.91. The number of nitrogens with one attached hydrogen (secondary N) is 1. The van der Waals surface area contributed by atoms with Gasteiger partial charge in [0.1, 0.15) is 6.61 Å². The summed E-state index contributed by atoms with van der Waals surface area (Å²) in [6.45, 7) is 3.91. The van der Waals surface area contributed by atoms with Gasteiger partial charge in [-0.15, -0.1) is 0 Å². The molecule has 1 N–H and O–H groups in total. The first-order valence-electron chi connectivity index (χ1n) is 6.25. The molecule has 0 radical (unpaired) electrons. The number of carbonyl (C=O) groups excluding carboxylic acids is 2. The highest BCUT2D eigenvalue weighted by atomic mass is 16.5. The number of hydrogen-bond donors (Lipinski definition) is 1. The molecule has 0 bridgehead atoms. The molecule has 1 aliphatic rings. The monoisotopic (exact) mass is 258 g/mol. The van der Waals surface area contributed by atoms with Crippen molar-refractivity contribution in [3.63, 3.8) is 0 Å². The smallest absolute Gasteiger partial charge is 0.248 e. The zero-order valence-electron chi connectivity index (χ0n) is 11.1. The van der Waals surface area contributed by atoms with Crippen molar-refractivity contribution in [3.05, 3.63) is 0 Å². The molecule has 0 aromatic heterocycles. The number of carbonyl (C=O) groups is 2. The molecular weight excluding hydrogens is 236 g/mol. The van der Waals surface area contributed by atoms with Gasteiger partial charge in [-0.05, 0) is 12.8 Å². The SMILES string of the molecule is COCCOCC(=O)N1CCC(NC(C)=O)CC1. The van der Waals surface area contributed by atoms with Gasteiger partial charge < -0.3 is 19.7 Å². The molecule has 0 aromatic rings. The summed E-state index contributed by atoms with van der Waals surface area (Å²) < 4.78 is 10.0. The van der Waals surface area contributed by atoms with E-state index < -0.39 is 0 Å². The number of ether oxygens (including phenoxy) is 2. The van der Waals surface area contributed by atoms with Crippen LogP contribution in [-0.2, 0) is 19.1 Å². The van der Waals surface area contributed by atoms with Crippen molar-refractivity contribution in [2.45, 2.75) is 25.8 Å². The molecule has 1 heterocycles. The van der Waals surface area contributed by atoms with E-state index in [1.54, 1.807) is 12.0 Å². The maximum Gasteiger partial charge on any atom is 0.248 e. The predicted octanol–water partition coefficient (Wildman–Crippen LogP) is -0.223. The Balaban J connectivity index is 2.17. The summed E-state index contributed by atoms with van der Waals surface area (Å²) in [5.41, 5.74) is 0. The summed E-state index contributed by atoms with van der Waals surface area (Å²) in [4.78, 5) is 24.5. The summed E-state index contributed by atoms with van der Waals surface area (Å²) in [6.07, 6.45) is 1.62. The number of amides is 2. The van der Waals surface area contributed by atoms with E-state index in [9.17, 15) is 9.59 Å². The van der Waals surface area contributed by atoms with E-state index in [2.05, 4.69) is 5.32 Å². The number of rotatable bonds is 6. The fourth-order valence-corrected chi connectivity index (χ4v) is 1.95. The lowest BCUT2D eigenvalue weighted by atomic mass is 10.1. The Morgan fingerprint density at radius 2 is 1.94 bits per heavy atom. The molecule has 18 heavy (non-hydrogen) atoms. The van der Waals surface area contributed by atoms with Crippen LogP contribution in [0.5, 0.6) is 0 Å². The highest BCUT2D eigenvalue weighted by Gasteiger charge is 2.22. The molecule has 1 aliphatic heterocycles. The highest BCUT2D eigenvalue weighted by Crippen LogP contribution is 2.10. The summed E-state index contributed by atoms with van der Waals surface area (Å²) in [5, 5.41) is 2.88.